The zero-order chi connectivity index (χ0) is 21.1. The summed E-state index contributed by atoms with van der Waals surface area (Å²) in [4.78, 5) is 46.7. The molecule has 1 aromatic carbocycles. The first-order chi connectivity index (χ1) is 14.5. The molecule has 30 heavy (non-hydrogen) atoms. The first kappa shape index (κ1) is 20.1. The first-order valence-electron chi connectivity index (χ1n) is 10.6. The molecule has 0 aliphatic carbocycles. The van der Waals surface area contributed by atoms with Crippen LogP contribution in [-0.2, 0) is 16.0 Å². The number of nitrogens with one attached hydrogen (secondary N) is 3. The topological polar surface area (TPSA) is 107 Å². The van der Waals surface area contributed by atoms with Crippen LogP contribution in [0.15, 0.2) is 35.1 Å². The van der Waals surface area contributed by atoms with E-state index in [1.165, 1.54) is 5.56 Å². The molecule has 2 amide bonds. The van der Waals surface area contributed by atoms with Gasteiger partial charge in [0.25, 0.3) is 5.56 Å². The molecule has 2 aromatic rings. The summed E-state index contributed by atoms with van der Waals surface area (Å²) in [5.74, 6) is -0.188. The van der Waals surface area contributed by atoms with Gasteiger partial charge in [-0.15, -0.1) is 0 Å². The highest BCUT2D eigenvalue weighted by Crippen LogP contribution is 2.30. The number of nitrogens with zero attached hydrogens (tertiary/aromatic N) is 2. The number of benzene rings is 1. The van der Waals surface area contributed by atoms with Gasteiger partial charge in [0.15, 0.2) is 0 Å². The number of likely N-dealkylation sites (N-methyl/N-ethyl adjacent to an activating group) is 1. The third-order valence-corrected chi connectivity index (χ3v) is 5.89. The summed E-state index contributed by atoms with van der Waals surface area (Å²) in [6.45, 7) is 3.81. The molecule has 1 aromatic heterocycles. The molecule has 1 saturated heterocycles. The lowest BCUT2D eigenvalue weighted by molar-refractivity contribution is -0.126. The van der Waals surface area contributed by atoms with Crippen molar-refractivity contribution in [2.75, 3.05) is 29.9 Å². The van der Waals surface area contributed by atoms with Crippen molar-refractivity contribution >= 4 is 23.6 Å². The number of aromatic nitrogens is 2. The summed E-state index contributed by atoms with van der Waals surface area (Å²) < 4.78 is 0. The van der Waals surface area contributed by atoms with Gasteiger partial charge < -0.3 is 15.5 Å². The molecule has 1 fully saturated rings. The Morgan fingerprint density at radius 3 is 2.63 bits per heavy atom. The third kappa shape index (κ3) is 4.22. The molecule has 0 bridgehead atoms. The minimum Gasteiger partial charge on any atom is -0.356 e. The fourth-order valence-corrected chi connectivity index (χ4v) is 4.33. The van der Waals surface area contributed by atoms with Crippen molar-refractivity contribution in [3.05, 3.63) is 51.8 Å². The summed E-state index contributed by atoms with van der Waals surface area (Å²) in [7, 11) is 0. The van der Waals surface area contributed by atoms with Gasteiger partial charge in [-0.2, -0.15) is 4.98 Å². The minimum atomic E-state index is -0.810. The fourth-order valence-electron chi connectivity index (χ4n) is 4.33. The molecule has 0 saturated carbocycles. The molecule has 4 rings (SSSR count). The predicted octanol–water partition coefficient (Wildman–Crippen LogP) is 1.79. The highest BCUT2D eigenvalue weighted by atomic mass is 16.2. The smallest absolute Gasteiger partial charge is 0.258 e. The van der Waals surface area contributed by atoms with Gasteiger partial charge in [-0.05, 0) is 37.7 Å². The SMILES string of the molecule is CCNC(=O)C1CC(=O)Nc2nc(N3CCC(Cc4ccccc4)CC3)[nH]c(=O)c21. The average Bonchev–Trinajstić information content (AvgIpc) is 2.74. The Morgan fingerprint density at radius 2 is 1.93 bits per heavy atom. The second kappa shape index (κ2) is 8.69. The van der Waals surface area contributed by atoms with E-state index in [9.17, 15) is 14.4 Å². The molecular weight excluding hydrogens is 382 g/mol. The van der Waals surface area contributed by atoms with Crippen molar-refractivity contribution in [1.82, 2.24) is 15.3 Å². The van der Waals surface area contributed by atoms with Crippen molar-refractivity contribution < 1.29 is 9.59 Å². The standard InChI is InChI=1S/C22H27N5O3/c1-2-23-20(29)16-13-17(28)24-19-18(16)21(30)26-22(25-19)27-10-8-15(9-11-27)12-14-6-4-3-5-7-14/h3-7,15-16H,2,8-13H2,1H3,(H,23,29)(H2,24,25,26,28,30). The van der Waals surface area contributed by atoms with Crippen LogP contribution < -0.4 is 21.1 Å². The number of amides is 2. The quantitative estimate of drug-likeness (QED) is 0.698. The normalized spacial score (nSPS) is 19.2. The zero-order valence-electron chi connectivity index (χ0n) is 17.1. The van der Waals surface area contributed by atoms with Crippen molar-refractivity contribution in [3.8, 4) is 0 Å². The van der Waals surface area contributed by atoms with Crippen molar-refractivity contribution in [3.63, 3.8) is 0 Å². The van der Waals surface area contributed by atoms with Crippen LogP contribution in [0.4, 0.5) is 11.8 Å². The molecule has 8 heteroatoms. The molecule has 8 nitrogen and oxygen atoms in total. The molecule has 158 valence electrons. The van der Waals surface area contributed by atoms with E-state index in [1.54, 1.807) is 6.92 Å². The number of carbonyl (C=O) groups excluding carboxylic acids is 2. The van der Waals surface area contributed by atoms with Crippen LogP contribution in [-0.4, -0.2) is 41.4 Å². The van der Waals surface area contributed by atoms with Crippen molar-refractivity contribution in [2.45, 2.75) is 38.5 Å². The van der Waals surface area contributed by atoms with E-state index < -0.39 is 5.92 Å². The van der Waals surface area contributed by atoms with Gasteiger partial charge in [0.1, 0.15) is 5.82 Å². The first-order valence-corrected chi connectivity index (χ1v) is 10.6. The second-order valence-electron chi connectivity index (χ2n) is 7.97. The Hall–Kier alpha value is -3.16. The molecule has 2 aliphatic heterocycles. The summed E-state index contributed by atoms with van der Waals surface area (Å²) in [5, 5.41) is 5.37. The van der Waals surface area contributed by atoms with E-state index in [1.807, 2.05) is 11.0 Å². The van der Waals surface area contributed by atoms with E-state index >= 15 is 0 Å². The van der Waals surface area contributed by atoms with Gasteiger partial charge in [-0.3, -0.25) is 19.4 Å². The van der Waals surface area contributed by atoms with Crippen LogP contribution in [0.3, 0.4) is 0 Å². The van der Waals surface area contributed by atoms with Gasteiger partial charge in [0.2, 0.25) is 17.8 Å². The molecule has 3 heterocycles. The fraction of sp³-hybridized carbons (Fsp3) is 0.455. The summed E-state index contributed by atoms with van der Waals surface area (Å²) in [5.41, 5.74) is 1.22. The monoisotopic (exact) mass is 409 g/mol. The number of fused-ring (bicyclic) bond motifs is 1. The number of rotatable bonds is 5. The van der Waals surface area contributed by atoms with Crippen LogP contribution in [0.1, 0.15) is 43.2 Å². The van der Waals surface area contributed by atoms with E-state index in [-0.39, 0.29) is 35.2 Å². The largest absolute Gasteiger partial charge is 0.356 e. The lowest BCUT2D eigenvalue weighted by Gasteiger charge is -2.33. The van der Waals surface area contributed by atoms with Crippen LogP contribution >= 0.6 is 0 Å². The van der Waals surface area contributed by atoms with Gasteiger partial charge in [0.05, 0.1) is 11.5 Å². The van der Waals surface area contributed by atoms with E-state index in [0.29, 0.717) is 18.4 Å². The molecule has 1 atom stereocenters. The Balaban J connectivity index is 1.49. The molecule has 0 spiro atoms. The number of hydrogen-bond acceptors (Lipinski definition) is 5. The maximum Gasteiger partial charge on any atom is 0.258 e. The summed E-state index contributed by atoms with van der Waals surface area (Å²) in [6, 6.07) is 10.5. The Bertz CT molecular complexity index is 980. The molecule has 0 radical (unpaired) electrons. The maximum atomic E-state index is 12.8. The molecule has 1 unspecified atom stereocenters. The minimum absolute atomic E-state index is 0.0478. The number of aromatic amines is 1. The van der Waals surface area contributed by atoms with Gasteiger partial charge in [-0.25, -0.2) is 0 Å². The van der Waals surface area contributed by atoms with Gasteiger partial charge in [0, 0.05) is 26.1 Å². The summed E-state index contributed by atoms with van der Waals surface area (Å²) >= 11 is 0. The van der Waals surface area contributed by atoms with Crippen LogP contribution in [0.2, 0.25) is 0 Å². The van der Waals surface area contributed by atoms with E-state index in [2.05, 4.69) is 44.9 Å². The Labute approximate surface area is 175 Å². The zero-order valence-corrected chi connectivity index (χ0v) is 17.1. The summed E-state index contributed by atoms with van der Waals surface area (Å²) in [6.07, 6.45) is 3.01. The van der Waals surface area contributed by atoms with Gasteiger partial charge >= 0.3 is 0 Å². The van der Waals surface area contributed by atoms with Crippen LogP contribution in [0.25, 0.3) is 0 Å². The van der Waals surface area contributed by atoms with E-state index in [0.717, 1.165) is 32.4 Å². The molecular formula is C22H27N5O3. The number of anilines is 2. The highest BCUT2D eigenvalue weighted by molar-refractivity contribution is 6.00. The third-order valence-electron chi connectivity index (χ3n) is 5.89. The Morgan fingerprint density at radius 1 is 1.20 bits per heavy atom. The highest BCUT2D eigenvalue weighted by Gasteiger charge is 2.35. The molecule has 2 aliphatic rings. The number of carbonyl (C=O) groups is 2. The maximum absolute atomic E-state index is 12.8. The average molecular weight is 409 g/mol. The number of hydrogen-bond donors (Lipinski definition) is 3. The van der Waals surface area contributed by atoms with Crippen LogP contribution in [0, 0.1) is 5.92 Å². The molecule has 3 N–H and O–H groups in total. The van der Waals surface area contributed by atoms with E-state index in [4.69, 9.17) is 0 Å². The Kier molecular flexibility index (Phi) is 5.83. The predicted molar refractivity (Wildman–Crippen MR) is 115 cm³/mol. The van der Waals surface area contributed by atoms with Crippen LogP contribution in [0.5, 0.6) is 0 Å². The van der Waals surface area contributed by atoms with Gasteiger partial charge in [-0.1, -0.05) is 30.3 Å². The van der Waals surface area contributed by atoms with Crippen molar-refractivity contribution in [1.29, 1.82) is 0 Å². The number of piperidine rings is 1. The van der Waals surface area contributed by atoms with Crippen molar-refractivity contribution in [2.24, 2.45) is 5.92 Å². The lowest BCUT2D eigenvalue weighted by atomic mass is 9.90. The number of H-pyrrole nitrogens is 1. The second-order valence-corrected chi connectivity index (χ2v) is 7.97. The lowest BCUT2D eigenvalue weighted by Crippen LogP contribution is -2.41.